The Hall–Kier alpha value is -3.93. The molecule has 3 aromatic rings. The molecule has 1 N–H and O–H groups in total. The van der Waals surface area contributed by atoms with Crippen molar-refractivity contribution >= 4 is 40.3 Å². The lowest BCUT2D eigenvalue weighted by Gasteiger charge is -2.38. The number of nitro groups is 1. The van der Waals surface area contributed by atoms with Crippen LogP contribution in [0.5, 0.6) is 0 Å². The summed E-state index contributed by atoms with van der Waals surface area (Å²) in [5.41, 5.74) is 0.184. The number of nitrogens with zero attached hydrogens (tertiary/aromatic N) is 3. The first-order chi connectivity index (χ1) is 17.5. The van der Waals surface area contributed by atoms with Crippen molar-refractivity contribution in [1.29, 1.82) is 0 Å². The van der Waals surface area contributed by atoms with Gasteiger partial charge in [0.05, 0.1) is 15.6 Å². The summed E-state index contributed by atoms with van der Waals surface area (Å²) >= 11 is 6.39. The summed E-state index contributed by atoms with van der Waals surface area (Å²) in [6.07, 6.45) is 0. The molecule has 0 aromatic heterocycles. The molecule has 194 valence electrons. The Kier molecular flexibility index (Phi) is 7.21. The van der Waals surface area contributed by atoms with Crippen LogP contribution in [-0.2, 0) is 0 Å². The third kappa shape index (κ3) is 5.01. The smallest absolute Gasteiger partial charge is 0.273 e. The van der Waals surface area contributed by atoms with Crippen LogP contribution in [0.15, 0.2) is 36.4 Å². The number of rotatable bonds is 5. The number of nitrogens with one attached hydrogen (secondary N) is 1. The molecule has 1 aliphatic rings. The van der Waals surface area contributed by atoms with Gasteiger partial charge in [-0.05, 0) is 31.2 Å². The van der Waals surface area contributed by atoms with Gasteiger partial charge in [-0.15, -0.1) is 0 Å². The monoisotopic (exact) mass is 540 g/mol. The average molecular weight is 541 g/mol. The number of hydrogen-bond acceptors (Lipinski definition) is 5. The van der Waals surface area contributed by atoms with Gasteiger partial charge in [-0.3, -0.25) is 14.9 Å². The third-order valence-corrected chi connectivity index (χ3v) is 6.30. The first-order valence-corrected chi connectivity index (χ1v) is 11.2. The van der Waals surface area contributed by atoms with Gasteiger partial charge in [0.25, 0.3) is 11.6 Å². The number of piperazine rings is 1. The zero-order valence-electron chi connectivity index (χ0n) is 19.1. The second kappa shape index (κ2) is 10.2. The van der Waals surface area contributed by atoms with E-state index < -0.39 is 45.6 Å². The predicted octanol–water partition coefficient (Wildman–Crippen LogP) is 5.83. The van der Waals surface area contributed by atoms with E-state index in [9.17, 15) is 36.9 Å². The minimum absolute atomic E-state index is 0.0423. The maximum Gasteiger partial charge on any atom is 0.273 e. The average Bonchev–Trinajstić information content (AvgIpc) is 2.87. The van der Waals surface area contributed by atoms with Crippen molar-refractivity contribution in [3.63, 3.8) is 0 Å². The van der Waals surface area contributed by atoms with Crippen LogP contribution < -0.4 is 15.1 Å². The van der Waals surface area contributed by atoms with Gasteiger partial charge in [-0.2, -0.15) is 0 Å². The molecule has 4 rings (SSSR count). The van der Waals surface area contributed by atoms with Crippen molar-refractivity contribution in [3.05, 3.63) is 91.7 Å². The standard InChI is InChI=1S/C24H18ClF5N4O3/c1-12-2-3-13(10-17(12)34(36)37)24(35)31-14-4-5-16(15(25)11-14)32-6-8-33(9-7-32)23-21(29)19(27)18(26)20(28)22(23)30/h2-5,10-11H,6-9H2,1H3,(H,31,35). The molecule has 0 radical (unpaired) electrons. The van der Waals surface area contributed by atoms with Gasteiger partial charge < -0.3 is 15.1 Å². The van der Waals surface area contributed by atoms with Gasteiger partial charge >= 0.3 is 0 Å². The highest BCUT2D eigenvalue weighted by molar-refractivity contribution is 6.33. The highest BCUT2D eigenvalue weighted by Gasteiger charge is 2.31. The zero-order valence-corrected chi connectivity index (χ0v) is 19.9. The zero-order chi connectivity index (χ0) is 27.0. The fourth-order valence-electron chi connectivity index (χ4n) is 4.03. The molecular formula is C24H18ClF5N4O3. The van der Waals surface area contributed by atoms with Crippen molar-refractivity contribution in [2.75, 3.05) is 41.3 Å². The molecule has 1 saturated heterocycles. The van der Waals surface area contributed by atoms with E-state index in [2.05, 4.69) is 5.32 Å². The number of benzene rings is 3. The van der Waals surface area contributed by atoms with E-state index in [-0.39, 0.29) is 42.5 Å². The molecule has 7 nitrogen and oxygen atoms in total. The SMILES string of the molecule is Cc1ccc(C(=O)Nc2ccc(N3CCN(c4c(F)c(F)c(F)c(F)c4F)CC3)c(Cl)c2)cc1[N+](=O)[O-]. The Morgan fingerprint density at radius 2 is 1.46 bits per heavy atom. The molecular weight excluding hydrogens is 523 g/mol. The molecule has 0 bridgehead atoms. The highest BCUT2D eigenvalue weighted by Crippen LogP contribution is 2.34. The molecule has 1 fully saturated rings. The van der Waals surface area contributed by atoms with Crippen molar-refractivity contribution in [3.8, 4) is 0 Å². The van der Waals surface area contributed by atoms with Gasteiger partial charge in [0.1, 0.15) is 5.69 Å². The van der Waals surface area contributed by atoms with Crippen molar-refractivity contribution in [1.82, 2.24) is 0 Å². The first kappa shape index (κ1) is 26.1. The normalized spacial score (nSPS) is 13.6. The lowest BCUT2D eigenvalue weighted by Crippen LogP contribution is -2.47. The van der Waals surface area contributed by atoms with Gasteiger partial charge in [0.15, 0.2) is 23.3 Å². The summed E-state index contributed by atoms with van der Waals surface area (Å²) in [5.74, 6) is -10.6. The van der Waals surface area contributed by atoms with E-state index in [4.69, 9.17) is 11.6 Å². The Morgan fingerprint density at radius 3 is 2.03 bits per heavy atom. The van der Waals surface area contributed by atoms with Crippen LogP contribution in [0.2, 0.25) is 5.02 Å². The molecule has 1 amide bonds. The van der Waals surface area contributed by atoms with Crippen LogP contribution in [0.25, 0.3) is 0 Å². The summed E-state index contributed by atoms with van der Waals surface area (Å²) in [6, 6.07) is 8.72. The van der Waals surface area contributed by atoms with E-state index in [0.717, 1.165) is 4.90 Å². The lowest BCUT2D eigenvalue weighted by molar-refractivity contribution is -0.385. The summed E-state index contributed by atoms with van der Waals surface area (Å²) in [7, 11) is 0. The van der Waals surface area contributed by atoms with Crippen molar-refractivity contribution in [2.24, 2.45) is 0 Å². The third-order valence-electron chi connectivity index (χ3n) is 6.00. The van der Waals surface area contributed by atoms with E-state index in [1.807, 2.05) is 0 Å². The molecule has 1 heterocycles. The number of carbonyl (C=O) groups excluding carboxylic acids is 1. The van der Waals surface area contributed by atoms with Crippen LogP contribution in [0, 0.1) is 46.1 Å². The molecule has 0 unspecified atom stereocenters. The number of nitro benzene ring substituents is 1. The largest absolute Gasteiger partial charge is 0.367 e. The van der Waals surface area contributed by atoms with E-state index in [0.29, 0.717) is 16.9 Å². The number of carbonyl (C=O) groups is 1. The number of amides is 1. The van der Waals surface area contributed by atoms with Crippen LogP contribution in [0.1, 0.15) is 15.9 Å². The van der Waals surface area contributed by atoms with Crippen LogP contribution >= 0.6 is 11.6 Å². The Labute approximate surface area is 212 Å². The molecule has 0 spiro atoms. The Balaban J connectivity index is 1.46. The maximum absolute atomic E-state index is 14.2. The Bertz CT molecular complexity index is 1380. The number of hydrogen-bond donors (Lipinski definition) is 1. The van der Waals surface area contributed by atoms with Gasteiger partial charge in [0, 0.05) is 49.1 Å². The molecule has 0 atom stereocenters. The van der Waals surface area contributed by atoms with Crippen molar-refractivity contribution in [2.45, 2.75) is 6.92 Å². The summed E-state index contributed by atoms with van der Waals surface area (Å²) in [5, 5.41) is 14.0. The number of aryl methyl sites for hydroxylation is 1. The fraction of sp³-hybridized carbons (Fsp3) is 0.208. The van der Waals surface area contributed by atoms with E-state index in [1.165, 1.54) is 24.3 Å². The maximum atomic E-state index is 14.2. The Morgan fingerprint density at radius 1 is 0.892 bits per heavy atom. The first-order valence-electron chi connectivity index (χ1n) is 10.9. The van der Waals surface area contributed by atoms with Crippen LogP contribution in [0.3, 0.4) is 0 Å². The second-order valence-corrected chi connectivity index (χ2v) is 8.68. The van der Waals surface area contributed by atoms with E-state index in [1.54, 1.807) is 24.0 Å². The van der Waals surface area contributed by atoms with Crippen LogP contribution in [-0.4, -0.2) is 37.0 Å². The van der Waals surface area contributed by atoms with Gasteiger partial charge in [-0.25, -0.2) is 22.0 Å². The number of halogens is 6. The lowest BCUT2D eigenvalue weighted by atomic mass is 10.1. The highest BCUT2D eigenvalue weighted by atomic mass is 35.5. The van der Waals surface area contributed by atoms with Gasteiger partial charge in [-0.1, -0.05) is 17.7 Å². The molecule has 1 aliphatic heterocycles. The topological polar surface area (TPSA) is 78.7 Å². The second-order valence-electron chi connectivity index (χ2n) is 8.27. The minimum Gasteiger partial charge on any atom is -0.367 e. The summed E-state index contributed by atoms with van der Waals surface area (Å²) in [6.45, 7) is 1.80. The molecule has 0 aliphatic carbocycles. The summed E-state index contributed by atoms with van der Waals surface area (Å²) in [4.78, 5) is 26.0. The number of anilines is 3. The quantitative estimate of drug-likeness (QED) is 0.145. The molecule has 37 heavy (non-hydrogen) atoms. The predicted molar refractivity (Wildman–Crippen MR) is 128 cm³/mol. The molecule has 3 aromatic carbocycles. The fourth-order valence-corrected chi connectivity index (χ4v) is 4.33. The molecule has 13 heteroatoms. The van der Waals surface area contributed by atoms with Gasteiger partial charge in [0.2, 0.25) is 5.82 Å². The van der Waals surface area contributed by atoms with Crippen molar-refractivity contribution < 1.29 is 31.7 Å². The van der Waals surface area contributed by atoms with Crippen LogP contribution in [0.4, 0.5) is 44.7 Å². The molecule has 0 saturated carbocycles. The van der Waals surface area contributed by atoms with E-state index >= 15 is 0 Å². The minimum atomic E-state index is -2.21. The summed E-state index contributed by atoms with van der Waals surface area (Å²) < 4.78 is 68.8.